The average molecular weight is 665 g/mol. The standard InChI is InChI=1S/C35H48N6O7/c1-22-30(47-21-37-22)20-46-27-11-10-23-15-28(41(19-25(23)14-27)34(44)48-35(2,3)4)29(42)18-36-33(43)24-16-31(38-26-8-7-9-26)39-32(17-24)40(5)12-13-45-6/h10-11,14,16-17,21,26,28-29,42H,7-9,12-13,15,18-20H2,1-6H3,(H,36,43)(H,38,39)/t28?,29-/m1/s1. The number of oxazole rings is 1. The summed E-state index contributed by atoms with van der Waals surface area (Å²) >= 11 is 0. The third kappa shape index (κ3) is 8.95. The van der Waals surface area contributed by atoms with Gasteiger partial charge in [-0.15, -0.1) is 0 Å². The van der Waals surface area contributed by atoms with Crippen LogP contribution in [0, 0.1) is 6.92 Å². The molecule has 0 bridgehead atoms. The number of amides is 2. The van der Waals surface area contributed by atoms with Gasteiger partial charge in [0.15, 0.2) is 12.2 Å². The van der Waals surface area contributed by atoms with Gasteiger partial charge in [-0.1, -0.05) is 6.07 Å². The van der Waals surface area contributed by atoms with Crippen molar-refractivity contribution in [3.05, 3.63) is 64.9 Å². The molecule has 1 saturated carbocycles. The van der Waals surface area contributed by atoms with Crippen LogP contribution in [-0.4, -0.2) is 89.6 Å². The van der Waals surface area contributed by atoms with Crippen LogP contribution in [-0.2, 0) is 29.0 Å². The molecule has 0 saturated heterocycles. The molecule has 1 aliphatic carbocycles. The van der Waals surface area contributed by atoms with Crippen LogP contribution in [0.5, 0.6) is 5.75 Å². The Morgan fingerprint density at radius 1 is 1.19 bits per heavy atom. The summed E-state index contributed by atoms with van der Waals surface area (Å²) in [6, 6.07) is 8.86. The molecule has 0 spiro atoms. The Balaban J connectivity index is 1.30. The SMILES string of the molecule is COCCN(C)c1cc(C(=O)NC[C@@H](O)C2Cc3ccc(OCc4ocnc4C)cc3CN2C(=O)OC(C)(C)C)cc(NC2CCC2)n1. The number of aryl methyl sites for hydroxylation is 1. The molecule has 3 N–H and O–H groups in total. The van der Waals surface area contributed by atoms with Crippen molar-refractivity contribution in [2.45, 2.75) is 90.3 Å². The van der Waals surface area contributed by atoms with Crippen molar-refractivity contribution in [2.24, 2.45) is 0 Å². The molecule has 260 valence electrons. The number of hydrogen-bond acceptors (Lipinski definition) is 11. The number of aromatic nitrogens is 2. The fraction of sp³-hybridized carbons (Fsp3) is 0.543. The number of hydrogen-bond donors (Lipinski definition) is 3. The number of nitrogens with zero attached hydrogens (tertiary/aromatic N) is 4. The summed E-state index contributed by atoms with van der Waals surface area (Å²) in [5.74, 6) is 2.18. The molecule has 1 aliphatic heterocycles. The maximum Gasteiger partial charge on any atom is 0.410 e. The number of anilines is 2. The van der Waals surface area contributed by atoms with Gasteiger partial charge in [0.25, 0.3) is 5.91 Å². The van der Waals surface area contributed by atoms with Crippen LogP contribution >= 0.6 is 0 Å². The molecule has 1 aromatic carbocycles. The summed E-state index contributed by atoms with van der Waals surface area (Å²) in [7, 11) is 3.54. The first-order valence-corrected chi connectivity index (χ1v) is 16.5. The van der Waals surface area contributed by atoms with Gasteiger partial charge in [-0.05, 0) is 88.8 Å². The summed E-state index contributed by atoms with van der Waals surface area (Å²) in [6.45, 7) is 8.73. The van der Waals surface area contributed by atoms with Crippen LogP contribution in [0.25, 0.3) is 0 Å². The number of fused-ring (bicyclic) bond motifs is 1. The van der Waals surface area contributed by atoms with E-state index < -0.39 is 23.8 Å². The number of pyridine rings is 1. The molecule has 2 atom stereocenters. The Morgan fingerprint density at radius 3 is 2.65 bits per heavy atom. The van der Waals surface area contributed by atoms with E-state index in [0.29, 0.717) is 54.3 Å². The molecule has 1 unspecified atom stereocenters. The van der Waals surface area contributed by atoms with Crippen molar-refractivity contribution >= 4 is 23.6 Å². The highest BCUT2D eigenvalue weighted by Gasteiger charge is 2.37. The molecule has 0 radical (unpaired) electrons. The molecule has 2 amide bonds. The minimum Gasteiger partial charge on any atom is -0.486 e. The zero-order valence-corrected chi connectivity index (χ0v) is 28.7. The summed E-state index contributed by atoms with van der Waals surface area (Å²) in [4.78, 5) is 39.3. The second-order valence-corrected chi connectivity index (χ2v) is 13.5. The molecule has 13 heteroatoms. The van der Waals surface area contributed by atoms with E-state index in [1.54, 1.807) is 40.0 Å². The van der Waals surface area contributed by atoms with Gasteiger partial charge >= 0.3 is 6.09 Å². The number of methoxy groups -OCH3 is 1. The Bertz CT molecular complexity index is 1570. The van der Waals surface area contributed by atoms with Gasteiger partial charge in [-0.2, -0.15) is 0 Å². The van der Waals surface area contributed by atoms with Gasteiger partial charge in [0.1, 0.15) is 29.6 Å². The molecule has 2 aliphatic rings. The highest BCUT2D eigenvalue weighted by molar-refractivity contribution is 5.95. The smallest absolute Gasteiger partial charge is 0.410 e. The van der Waals surface area contributed by atoms with Crippen LogP contribution in [0.15, 0.2) is 41.1 Å². The molecule has 48 heavy (non-hydrogen) atoms. The maximum absolute atomic E-state index is 13.5. The van der Waals surface area contributed by atoms with Crippen molar-refractivity contribution in [1.82, 2.24) is 20.2 Å². The number of benzene rings is 1. The fourth-order valence-electron chi connectivity index (χ4n) is 5.61. The van der Waals surface area contributed by atoms with Crippen LogP contribution in [0.2, 0.25) is 0 Å². The van der Waals surface area contributed by atoms with Gasteiger partial charge in [-0.25, -0.2) is 14.8 Å². The summed E-state index contributed by atoms with van der Waals surface area (Å²) in [5, 5.41) is 17.8. The number of carbonyl (C=O) groups is 2. The number of aliphatic hydroxyl groups is 1. The van der Waals surface area contributed by atoms with Gasteiger partial charge in [0, 0.05) is 45.4 Å². The number of ether oxygens (including phenoxy) is 3. The fourth-order valence-corrected chi connectivity index (χ4v) is 5.61. The normalized spacial score (nSPS) is 16.8. The van der Waals surface area contributed by atoms with Gasteiger partial charge in [-0.3, -0.25) is 9.69 Å². The molecule has 3 heterocycles. The predicted molar refractivity (Wildman–Crippen MR) is 180 cm³/mol. The maximum atomic E-state index is 13.5. The number of nitrogens with one attached hydrogen (secondary N) is 2. The zero-order valence-electron chi connectivity index (χ0n) is 28.7. The Kier molecular flexibility index (Phi) is 11.1. The number of likely N-dealkylation sites (N-methyl/N-ethyl adjacent to an activating group) is 1. The average Bonchev–Trinajstić information content (AvgIpc) is 3.45. The Labute approximate surface area is 282 Å². The van der Waals surface area contributed by atoms with Crippen LogP contribution < -0.4 is 20.3 Å². The van der Waals surface area contributed by atoms with E-state index in [-0.39, 0.29) is 25.6 Å². The van der Waals surface area contributed by atoms with Crippen molar-refractivity contribution < 1.29 is 33.3 Å². The number of aliphatic hydroxyl groups excluding tert-OH is 1. The highest BCUT2D eigenvalue weighted by atomic mass is 16.6. The Hall–Kier alpha value is -4.36. The van der Waals surface area contributed by atoms with Gasteiger partial charge in [0.05, 0.1) is 24.4 Å². The third-order valence-corrected chi connectivity index (χ3v) is 8.66. The van der Waals surface area contributed by atoms with Crippen LogP contribution in [0.4, 0.5) is 16.4 Å². The van der Waals surface area contributed by atoms with E-state index >= 15 is 0 Å². The van der Waals surface area contributed by atoms with E-state index in [1.165, 1.54) is 17.7 Å². The second kappa shape index (κ2) is 15.2. The lowest BCUT2D eigenvalue weighted by atomic mass is 9.91. The second-order valence-electron chi connectivity index (χ2n) is 13.5. The highest BCUT2D eigenvalue weighted by Crippen LogP contribution is 2.31. The molecule has 5 rings (SSSR count). The quantitative estimate of drug-likeness (QED) is 0.238. The van der Waals surface area contributed by atoms with Crippen LogP contribution in [0.3, 0.4) is 0 Å². The van der Waals surface area contributed by atoms with Crippen molar-refractivity contribution in [3.63, 3.8) is 0 Å². The zero-order chi connectivity index (χ0) is 34.4. The number of rotatable bonds is 13. The summed E-state index contributed by atoms with van der Waals surface area (Å²) < 4.78 is 22.3. The van der Waals surface area contributed by atoms with E-state index in [1.807, 2.05) is 37.1 Å². The first-order chi connectivity index (χ1) is 22.9. The van der Waals surface area contributed by atoms with E-state index in [4.69, 9.17) is 23.6 Å². The lowest BCUT2D eigenvalue weighted by Crippen LogP contribution is -2.54. The van der Waals surface area contributed by atoms with Crippen molar-refractivity contribution in [2.75, 3.05) is 44.1 Å². The van der Waals surface area contributed by atoms with Crippen molar-refractivity contribution in [3.8, 4) is 5.75 Å². The molecular weight excluding hydrogens is 616 g/mol. The molecule has 13 nitrogen and oxygen atoms in total. The molecular formula is C35H48N6O7. The number of carbonyl (C=O) groups excluding carboxylic acids is 2. The largest absolute Gasteiger partial charge is 0.486 e. The van der Waals surface area contributed by atoms with Gasteiger partial charge < -0.3 is 39.3 Å². The van der Waals surface area contributed by atoms with E-state index in [2.05, 4.69) is 15.6 Å². The van der Waals surface area contributed by atoms with Crippen LogP contribution in [0.1, 0.15) is 73.0 Å². The van der Waals surface area contributed by atoms with E-state index in [0.717, 1.165) is 29.7 Å². The third-order valence-electron chi connectivity index (χ3n) is 8.66. The lowest BCUT2D eigenvalue weighted by molar-refractivity contribution is -0.0113. The van der Waals surface area contributed by atoms with Gasteiger partial charge in [0.2, 0.25) is 0 Å². The molecule has 3 aromatic rings. The molecule has 1 fully saturated rings. The summed E-state index contributed by atoms with van der Waals surface area (Å²) in [6.07, 6.45) is 3.43. The Morgan fingerprint density at radius 2 is 1.98 bits per heavy atom. The topological polar surface area (TPSA) is 152 Å². The predicted octanol–water partition coefficient (Wildman–Crippen LogP) is 4.46. The van der Waals surface area contributed by atoms with E-state index in [9.17, 15) is 14.7 Å². The first kappa shape index (κ1) is 35.0. The molecule has 2 aromatic heterocycles. The summed E-state index contributed by atoms with van der Waals surface area (Å²) in [5.41, 5.74) is 2.30. The lowest BCUT2D eigenvalue weighted by Gasteiger charge is -2.40. The first-order valence-electron chi connectivity index (χ1n) is 16.5. The minimum absolute atomic E-state index is 0.0710. The minimum atomic E-state index is -1.07. The monoisotopic (exact) mass is 664 g/mol. The van der Waals surface area contributed by atoms with Crippen molar-refractivity contribution in [1.29, 1.82) is 0 Å².